The molecule has 21 heavy (non-hydrogen) atoms. The molecule has 0 aromatic carbocycles. The first kappa shape index (κ1) is 13.0. The molecule has 0 bridgehead atoms. The van der Waals surface area contributed by atoms with E-state index in [0.717, 1.165) is 23.2 Å². The fourth-order valence-corrected chi connectivity index (χ4v) is 3.53. The number of hydrogen-bond donors (Lipinski definition) is 1. The molecule has 3 unspecified atom stereocenters. The van der Waals surface area contributed by atoms with Crippen LogP contribution in [-0.2, 0) is 0 Å². The molecule has 2 aromatic rings. The van der Waals surface area contributed by atoms with Crippen LogP contribution < -0.4 is 5.32 Å². The van der Waals surface area contributed by atoms with Gasteiger partial charge in [-0.15, -0.1) is 10.2 Å². The highest BCUT2D eigenvalue weighted by Gasteiger charge is 2.30. The summed E-state index contributed by atoms with van der Waals surface area (Å²) < 4.78 is 2.12. The number of anilines is 1. The molecule has 1 N–H and O–H groups in total. The fourth-order valence-electron chi connectivity index (χ4n) is 3.53. The second-order valence-corrected chi connectivity index (χ2v) is 6.82. The summed E-state index contributed by atoms with van der Waals surface area (Å²) >= 11 is 0. The molecular formula is C16H23N5. The molecule has 2 aliphatic carbocycles. The monoisotopic (exact) mass is 285 g/mol. The van der Waals surface area contributed by atoms with Crippen LogP contribution in [0.2, 0.25) is 0 Å². The molecule has 4 rings (SSSR count). The first-order valence-corrected chi connectivity index (χ1v) is 8.20. The van der Waals surface area contributed by atoms with Gasteiger partial charge in [-0.25, -0.2) is 4.98 Å². The van der Waals surface area contributed by atoms with Crippen LogP contribution >= 0.6 is 0 Å². The highest BCUT2D eigenvalue weighted by atomic mass is 15.3. The van der Waals surface area contributed by atoms with Crippen molar-refractivity contribution in [2.75, 3.05) is 5.32 Å². The Kier molecular flexibility index (Phi) is 3.08. The van der Waals surface area contributed by atoms with Gasteiger partial charge in [0.1, 0.15) is 5.82 Å². The molecular weight excluding hydrogens is 262 g/mol. The lowest BCUT2D eigenvalue weighted by Gasteiger charge is -2.34. The Labute approximate surface area is 125 Å². The maximum Gasteiger partial charge on any atom is 0.203 e. The van der Waals surface area contributed by atoms with Crippen LogP contribution in [0.15, 0.2) is 12.4 Å². The normalized spacial score (nSPS) is 29.7. The van der Waals surface area contributed by atoms with E-state index in [0.29, 0.717) is 17.9 Å². The first-order valence-electron chi connectivity index (χ1n) is 8.20. The minimum Gasteiger partial charge on any atom is -0.364 e. The van der Waals surface area contributed by atoms with Gasteiger partial charge in [-0.1, -0.05) is 26.7 Å². The topological polar surface area (TPSA) is 55.1 Å². The van der Waals surface area contributed by atoms with Gasteiger partial charge in [-0.3, -0.25) is 4.40 Å². The maximum absolute atomic E-state index is 4.52. The lowest BCUT2D eigenvalue weighted by atomic mass is 9.78. The van der Waals surface area contributed by atoms with Crippen molar-refractivity contribution in [2.24, 2.45) is 11.8 Å². The van der Waals surface area contributed by atoms with Gasteiger partial charge < -0.3 is 5.32 Å². The van der Waals surface area contributed by atoms with Gasteiger partial charge in [-0.2, -0.15) is 0 Å². The minimum absolute atomic E-state index is 0.494. The molecule has 2 fully saturated rings. The quantitative estimate of drug-likeness (QED) is 0.940. The third kappa shape index (κ3) is 2.28. The van der Waals surface area contributed by atoms with E-state index in [-0.39, 0.29) is 0 Å². The number of nitrogens with zero attached hydrogens (tertiary/aromatic N) is 4. The standard InChI is InChI=1S/C16H23N5/c1-10-4-3-5-13(11(10)2)18-14-16-20-19-15(12-6-7-12)21(16)9-8-17-14/h8-13H,3-7H2,1-2H3,(H,17,18). The zero-order chi connectivity index (χ0) is 14.4. The lowest BCUT2D eigenvalue weighted by molar-refractivity contribution is 0.253. The van der Waals surface area contributed by atoms with Crippen LogP contribution in [0.25, 0.3) is 5.65 Å². The summed E-state index contributed by atoms with van der Waals surface area (Å²) in [5.41, 5.74) is 0.879. The van der Waals surface area contributed by atoms with Crippen molar-refractivity contribution in [3.8, 4) is 0 Å². The van der Waals surface area contributed by atoms with Gasteiger partial charge in [-0.05, 0) is 31.1 Å². The Morgan fingerprint density at radius 2 is 2.00 bits per heavy atom. The SMILES string of the molecule is CC1CCCC(Nc2nccn3c(C4CC4)nnc23)C1C. The Morgan fingerprint density at radius 1 is 1.14 bits per heavy atom. The summed E-state index contributed by atoms with van der Waals surface area (Å²) in [6.07, 6.45) is 10.2. The van der Waals surface area contributed by atoms with E-state index in [2.05, 4.69) is 38.7 Å². The third-order valence-electron chi connectivity index (χ3n) is 5.32. The molecule has 2 aromatic heterocycles. The molecule has 0 saturated heterocycles. The van der Waals surface area contributed by atoms with Gasteiger partial charge in [0.15, 0.2) is 5.82 Å². The second-order valence-electron chi connectivity index (χ2n) is 6.82. The van der Waals surface area contributed by atoms with Gasteiger partial charge in [0.05, 0.1) is 0 Å². The highest BCUT2D eigenvalue weighted by Crippen LogP contribution is 2.39. The predicted octanol–water partition coefficient (Wildman–Crippen LogP) is 3.24. The van der Waals surface area contributed by atoms with Crippen LogP contribution in [0.3, 0.4) is 0 Å². The van der Waals surface area contributed by atoms with E-state index in [1.165, 1.54) is 32.1 Å². The summed E-state index contributed by atoms with van der Waals surface area (Å²) in [5.74, 6) is 4.04. The Morgan fingerprint density at radius 3 is 2.81 bits per heavy atom. The van der Waals surface area contributed by atoms with Crippen molar-refractivity contribution in [3.05, 3.63) is 18.2 Å². The average molecular weight is 285 g/mol. The Hall–Kier alpha value is -1.65. The van der Waals surface area contributed by atoms with Crippen LogP contribution in [-0.4, -0.2) is 25.6 Å². The molecule has 0 spiro atoms. The van der Waals surface area contributed by atoms with Crippen LogP contribution in [0.4, 0.5) is 5.82 Å². The van der Waals surface area contributed by atoms with Crippen LogP contribution in [0, 0.1) is 11.8 Å². The van der Waals surface area contributed by atoms with Gasteiger partial charge in [0, 0.05) is 24.4 Å². The summed E-state index contributed by atoms with van der Waals surface area (Å²) in [4.78, 5) is 4.52. The van der Waals surface area contributed by atoms with Crippen molar-refractivity contribution in [3.63, 3.8) is 0 Å². The van der Waals surface area contributed by atoms with Crippen molar-refractivity contribution >= 4 is 11.5 Å². The highest BCUT2D eigenvalue weighted by molar-refractivity contribution is 5.62. The van der Waals surface area contributed by atoms with E-state index in [9.17, 15) is 0 Å². The Balaban J connectivity index is 1.64. The largest absolute Gasteiger partial charge is 0.364 e. The number of nitrogens with one attached hydrogen (secondary N) is 1. The van der Waals surface area contributed by atoms with Crippen LogP contribution in [0.5, 0.6) is 0 Å². The van der Waals surface area contributed by atoms with E-state index in [4.69, 9.17) is 0 Å². The first-order chi connectivity index (χ1) is 10.2. The molecule has 2 aliphatic rings. The number of rotatable bonds is 3. The zero-order valence-electron chi connectivity index (χ0n) is 12.8. The van der Waals surface area contributed by atoms with Crippen molar-refractivity contribution in [1.82, 2.24) is 19.6 Å². The molecule has 0 amide bonds. The summed E-state index contributed by atoms with van der Waals surface area (Å²) in [6.45, 7) is 4.70. The number of fused-ring (bicyclic) bond motifs is 1. The second kappa shape index (κ2) is 4.97. The third-order valence-corrected chi connectivity index (χ3v) is 5.32. The fraction of sp³-hybridized carbons (Fsp3) is 0.688. The Bertz CT molecular complexity index is 645. The summed E-state index contributed by atoms with van der Waals surface area (Å²) in [7, 11) is 0. The summed E-state index contributed by atoms with van der Waals surface area (Å²) in [5, 5.41) is 12.4. The van der Waals surface area contributed by atoms with Crippen molar-refractivity contribution in [2.45, 2.75) is 57.9 Å². The molecule has 0 radical (unpaired) electrons. The lowest BCUT2D eigenvalue weighted by Crippen LogP contribution is -2.35. The molecule has 2 saturated carbocycles. The van der Waals surface area contributed by atoms with E-state index >= 15 is 0 Å². The number of hydrogen-bond acceptors (Lipinski definition) is 4. The van der Waals surface area contributed by atoms with Gasteiger partial charge >= 0.3 is 0 Å². The molecule has 0 aliphatic heterocycles. The molecule has 2 heterocycles. The smallest absolute Gasteiger partial charge is 0.203 e. The predicted molar refractivity (Wildman–Crippen MR) is 82.3 cm³/mol. The van der Waals surface area contributed by atoms with Gasteiger partial charge in [0.25, 0.3) is 0 Å². The van der Waals surface area contributed by atoms with Crippen LogP contribution in [0.1, 0.15) is 57.7 Å². The van der Waals surface area contributed by atoms with E-state index in [1.54, 1.807) is 0 Å². The minimum atomic E-state index is 0.494. The molecule has 3 atom stereocenters. The molecule has 5 heteroatoms. The summed E-state index contributed by atoms with van der Waals surface area (Å²) in [6, 6.07) is 0.494. The molecule has 5 nitrogen and oxygen atoms in total. The molecule has 112 valence electrons. The van der Waals surface area contributed by atoms with Crippen molar-refractivity contribution in [1.29, 1.82) is 0 Å². The average Bonchev–Trinajstić information content (AvgIpc) is 3.23. The zero-order valence-corrected chi connectivity index (χ0v) is 12.8. The van der Waals surface area contributed by atoms with Gasteiger partial charge in [0.2, 0.25) is 5.65 Å². The maximum atomic E-state index is 4.52. The van der Waals surface area contributed by atoms with E-state index < -0.39 is 0 Å². The van der Waals surface area contributed by atoms with E-state index in [1.807, 2.05) is 12.4 Å². The van der Waals surface area contributed by atoms with Crippen molar-refractivity contribution < 1.29 is 0 Å². The number of aromatic nitrogens is 4.